The Bertz CT molecular complexity index is 981. The Hall–Kier alpha value is -2.74. The molecule has 0 aliphatic heterocycles. The van der Waals surface area contributed by atoms with Crippen LogP contribution in [0.25, 0.3) is 11.0 Å². The predicted octanol–water partition coefficient (Wildman–Crippen LogP) is 2.47. The van der Waals surface area contributed by atoms with E-state index in [0.717, 1.165) is 41.1 Å². The van der Waals surface area contributed by atoms with Crippen molar-refractivity contribution in [1.82, 2.24) is 25.0 Å². The first kappa shape index (κ1) is 16.4. The van der Waals surface area contributed by atoms with Crippen LogP contribution in [0.15, 0.2) is 24.4 Å². The Morgan fingerprint density at radius 1 is 1.33 bits per heavy atom. The number of aromatic amines is 1. The van der Waals surface area contributed by atoms with Crippen LogP contribution in [0, 0.1) is 5.92 Å². The Morgan fingerprint density at radius 3 is 2.89 bits per heavy atom. The molecule has 2 saturated carbocycles. The highest BCUT2D eigenvalue weighted by atomic mass is 16.1. The number of hydrogen-bond donors (Lipinski definition) is 3. The topological polar surface area (TPSA) is 115 Å². The quantitative estimate of drug-likeness (QED) is 0.642. The maximum atomic E-state index is 12.5. The van der Waals surface area contributed by atoms with Crippen LogP contribution in [0.5, 0.6) is 0 Å². The molecule has 3 aromatic rings. The highest BCUT2D eigenvalue weighted by molar-refractivity contribution is 5.95. The van der Waals surface area contributed by atoms with Crippen LogP contribution in [-0.4, -0.2) is 30.9 Å². The maximum absolute atomic E-state index is 12.5. The second-order valence-corrected chi connectivity index (χ2v) is 7.69. The van der Waals surface area contributed by atoms with E-state index in [1.54, 1.807) is 0 Å². The molecule has 0 unspecified atom stereocenters. The fourth-order valence-electron chi connectivity index (χ4n) is 3.83. The molecule has 1 amide bonds. The monoisotopic (exact) mass is 365 g/mol. The maximum Gasteiger partial charge on any atom is 0.227 e. The molecular formula is C19H23N7O. The van der Waals surface area contributed by atoms with E-state index >= 15 is 0 Å². The number of aromatic nitrogens is 5. The average Bonchev–Trinajstić information content (AvgIpc) is 3.18. The van der Waals surface area contributed by atoms with Crippen molar-refractivity contribution in [1.29, 1.82) is 0 Å². The largest absolute Gasteiger partial charge is 0.342 e. The zero-order valence-corrected chi connectivity index (χ0v) is 15.1. The van der Waals surface area contributed by atoms with Crippen molar-refractivity contribution < 1.29 is 4.79 Å². The third-order valence-electron chi connectivity index (χ3n) is 5.88. The van der Waals surface area contributed by atoms with Gasteiger partial charge in [0.05, 0.1) is 29.0 Å². The van der Waals surface area contributed by atoms with Gasteiger partial charge in [-0.2, -0.15) is 0 Å². The van der Waals surface area contributed by atoms with E-state index in [1.165, 1.54) is 19.3 Å². The number of benzene rings is 1. The van der Waals surface area contributed by atoms with Crippen LogP contribution in [0.4, 0.5) is 5.69 Å². The van der Waals surface area contributed by atoms with E-state index in [2.05, 4.69) is 25.6 Å². The zero-order chi connectivity index (χ0) is 18.4. The summed E-state index contributed by atoms with van der Waals surface area (Å²) in [5.74, 6) is 1.71. The third-order valence-corrected chi connectivity index (χ3v) is 5.88. The van der Waals surface area contributed by atoms with Crippen LogP contribution in [0.1, 0.15) is 55.6 Å². The standard InChI is InChI=1S/C19H23N7O/c20-9-14-10-26(25-24-14)15-6-12(7-15)19(27)21-13-4-5-16-17(8-13)23-18(22-16)11-2-1-3-11/h4-5,8,10-12,15H,1-3,6-7,9,20H2,(H,21,27)(H,22,23). The molecule has 8 nitrogen and oxygen atoms in total. The summed E-state index contributed by atoms with van der Waals surface area (Å²) >= 11 is 0. The van der Waals surface area contributed by atoms with Gasteiger partial charge in [0, 0.05) is 24.1 Å². The minimum atomic E-state index is 0.00327. The number of rotatable bonds is 5. The van der Waals surface area contributed by atoms with Crippen LogP contribution in [0.2, 0.25) is 0 Å². The normalized spacial score (nSPS) is 22.4. The molecule has 0 bridgehead atoms. The van der Waals surface area contributed by atoms with Crippen LogP contribution in [0.3, 0.4) is 0 Å². The van der Waals surface area contributed by atoms with Crippen molar-refractivity contribution >= 4 is 22.6 Å². The fourth-order valence-corrected chi connectivity index (χ4v) is 3.83. The average molecular weight is 365 g/mol. The fraction of sp³-hybridized carbons (Fsp3) is 0.474. The number of carbonyl (C=O) groups is 1. The smallest absolute Gasteiger partial charge is 0.227 e. The first-order valence-electron chi connectivity index (χ1n) is 9.61. The van der Waals surface area contributed by atoms with Gasteiger partial charge in [0.1, 0.15) is 5.82 Å². The Morgan fingerprint density at radius 2 is 2.19 bits per heavy atom. The summed E-state index contributed by atoms with van der Waals surface area (Å²) in [5, 5.41) is 11.1. The summed E-state index contributed by atoms with van der Waals surface area (Å²) in [6.07, 6.45) is 7.13. The number of nitrogens with one attached hydrogen (secondary N) is 2. The molecule has 2 heterocycles. The highest BCUT2D eigenvalue weighted by Crippen LogP contribution is 2.38. The lowest BCUT2D eigenvalue weighted by atomic mass is 9.79. The van der Waals surface area contributed by atoms with E-state index in [9.17, 15) is 4.79 Å². The summed E-state index contributed by atoms with van der Waals surface area (Å²) in [4.78, 5) is 20.6. The zero-order valence-electron chi connectivity index (χ0n) is 15.1. The van der Waals surface area contributed by atoms with Gasteiger partial charge in [-0.3, -0.25) is 4.79 Å². The van der Waals surface area contributed by atoms with Gasteiger partial charge in [0.2, 0.25) is 5.91 Å². The molecular weight excluding hydrogens is 342 g/mol. The summed E-state index contributed by atoms with van der Waals surface area (Å²) in [6.45, 7) is 0.384. The lowest BCUT2D eigenvalue weighted by Crippen LogP contribution is -2.36. The minimum Gasteiger partial charge on any atom is -0.342 e. The summed E-state index contributed by atoms with van der Waals surface area (Å²) < 4.78 is 1.82. The predicted molar refractivity (Wildman–Crippen MR) is 101 cm³/mol. The number of hydrogen-bond acceptors (Lipinski definition) is 5. The highest BCUT2D eigenvalue weighted by Gasteiger charge is 2.36. The van der Waals surface area contributed by atoms with Gasteiger partial charge >= 0.3 is 0 Å². The van der Waals surface area contributed by atoms with E-state index in [1.807, 2.05) is 29.1 Å². The van der Waals surface area contributed by atoms with Crippen molar-refractivity contribution in [3.8, 4) is 0 Å². The molecule has 27 heavy (non-hydrogen) atoms. The van der Waals surface area contributed by atoms with Crippen molar-refractivity contribution in [2.75, 3.05) is 5.32 Å². The lowest BCUT2D eigenvalue weighted by molar-refractivity contribution is -0.123. The first-order chi connectivity index (χ1) is 13.2. The molecule has 0 spiro atoms. The molecule has 4 N–H and O–H groups in total. The van der Waals surface area contributed by atoms with Crippen molar-refractivity contribution in [2.24, 2.45) is 11.7 Å². The number of nitrogens with two attached hydrogens (primary N) is 1. The van der Waals surface area contributed by atoms with Crippen molar-refractivity contribution in [3.05, 3.63) is 35.9 Å². The number of nitrogens with zero attached hydrogens (tertiary/aromatic N) is 4. The summed E-state index contributed by atoms with van der Waals surface area (Å²) in [5.41, 5.74) is 9.10. The van der Waals surface area contributed by atoms with Gasteiger partial charge in [-0.05, 0) is 43.9 Å². The molecule has 0 saturated heterocycles. The molecule has 140 valence electrons. The van der Waals surface area contributed by atoms with Gasteiger partial charge in [-0.15, -0.1) is 5.10 Å². The summed E-state index contributed by atoms with van der Waals surface area (Å²) in [7, 11) is 0. The molecule has 0 atom stereocenters. The van der Waals surface area contributed by atoms with Gasteiger partial charge in [-0.1, -0.05) is 11.6 Å². The number of amides is 1. The Kier molecular flexibility index (Phi) is 3.93. The molecule has 1 aromatic carbocycles. The van der Waals surface area contributed by atoms with Crippen LogP contribution in [-0.2, 0) is 11.3 Å². The lowest BCUT2D eigenvalue weighted by Gasteiger charge is -2.33. The molecule has 0 radical (unpaired) electrons. The molecule has 2 aliphatic carbocycles. The SMILES string of the molecule is NCc1cn(C2CC(C(=O)Nc3ccc4nc(C5CCC5)[nH]c4c3)C2)nn1. The number of imidazole rings is 1. The van der Waals surface area contributed by atoms with Gasteiger partial charge in [-0.25, -0.2) is 9.67 Å². The minimum absolute atomic E-state index is 0.00327. The van der Waals surface area contributed by atoms with E-state index in [0.29, 0.717) is 12.5 Å². The van der Waals surface area contributed by atoms with Crippen molar-refractivity contribution in [2.45, 2.75) is 50.6 Å². The summed E-state index contributed by atoms with van der Waals surface area (Å²) in [6, 6.07) is 6.10. The number of anilines is 1. The van der Waals surface area contributed by atoms with Crippen LogP contribution >= 0.6 is 0 Å². The van der Waals surface area contributed by atoms with Crippen LogP contribution < -0.4 is 11.1 Å². The molecule has 2 fully saturated rings. The molecule has 8 heteroatoms. The number of fused-ring (bicyclic) bond motifs is 1. The molecule has 5 rings (SSSR count). The molecule has 2 aromatic heterocycles. The van der Waals surface area contributed by atoms with Gasteiger partial charge in [0.15, 0.2) is 0 Å². The van der Waals surface area contributed by atoms with Gasteiger partial charge < -0.3 is 16.0 Å². The van der Waals surface area contributed by atoms with Crippen molar-refractivity contribution in [3.63, 3.8) is 0 Å². The first-order valence-corrected chi connectivity index (χ1v) is 9.61. The Balaban J connectivity index is 1.22. The third kappa shape index (κ3) is 2.99. The van der Waals surface area contributed by atoms with E-state index < -0.39 is 0 Å². The number of carbonyl (C=O) groups excluding carboxylic acids is 1. The second-order valence-electron chi connectivity index (χ2n) is 7.69. The molecule has 2 aliphatic rings. The second kappa shape index (κ2) is 6.45. The van der Waals surface area contributed by atoms with Gasteiger partial charge in [0.25, 0.3) is 0 Å². The van der Waals surface area contributed by atoms with E-state index in [-0.39, 0.29) is 17.9 Å². The number of H-pyrrole nitrogens is 1. The Labute approximate surface area is 156 Å². The van der Waals surface area contributed by atoms with E-state index in [4.69, 9.17) is 5.73 Å².